The molecule has 1 aliphatic heterocycles. The molecule has 1 amide bonds. The van der Waals surface area contributed by atoms with Gasteiger partial charge in [-0.1, -0.05) is 12.1 Å². The maximum Gasteiger partial charge on any atom is 0.416 e. The highest BCUT2D eigenvalue weighted by molar-refractivity contribution is 5.83. The highest BCUT2D eigenvalue weighted by Crippen LogP contribution is 2.31. The van der Waals surface area contributed by atoms with Gasteiger partial charge >= 0.3 is 6.18 Å². The summed E-state index contributed by atoms with van der Waals surface area (Å²) in [5.74, 6) is -0.0540. The molecule has 0 aliphatic carbocycles. The first-order valence-corrected chi connectivity index (χ1v) is 8.29. The Morgan fingerprint density at radius 3 is 2.17 bits per heavy atom. The van der Waals surface area contributed by atoms with Crippen molar-refractivity contribution in [2.45, 2.75) is 26.1 Å². The quantitative estimate of drug-likeness (QED) is 0.892. The van der Waals surface area contributed by atoms with Crippen molar-refractivity contribution < 1.29 is 18.0 Å². The molecule has 1 N–H and O–H groups in total. The molecule has 1 heterocycles. The minimum atomic E-state index is -4.37. The van der Waals surface area contributed by atoms with Crippen LogP contribution >= 0.6 is 0 Å². The van der Waals surface area contributed by atoms with E-state index in [0.29, 0.717) is 31.7 Å². The summed E-state index contributed by atoms with van der Waals surface area (Å²) in [6.45, 7) is 7.89. The van der Waals surface area contributed by atoms with E-state index in [1.54, 1.807) is 4.90 Å². The van der Waals surface area contributed by atoms with E-state index in [9.17, 15) is 18.0 Å². The number of likely N-dealkylation sites (N-methyl/N-ethyl adjacent to an activating group) is 1. The van der Waals surface area contributed by atoms with Crippen LogP contribution in [0.4, 0.5) is 13.2 Å². The fourth-order valence-corrected chi connectivity index (χ4v) is 3.01. The Morgan fingerprint density at radius 1 is 1.17 bits per heavy atom. The van der Waals surface area contributed by atoms with Gasteiger partial charge in [-0.2, -0.15) is 13.2 Å². The number of piperazine rings is 1. The molecule has 1 atom stereocenters. The van der Waals surface area contributed by atoms with Gasteiger partial charge in [-0.05, 0) is 31.5 Å². The Labute approximate surface area is 140 Å². The van der Waals surface area contributed by atoms with E-state index in [-0.39, 0.29) is 5.91 Å². The van der Waals surface area contributed by atoms with Gasteiger partial charge in [0.2, 0.25) is 5.91 Å². The van der Waals surface area contributed by atoms with Gasteiger partial charge < -0.3 is 10.2 Å². The predicted octanol–water partition coefficient (Wildman–Crippen LogP) is 2.52. The van der Waals surface area contributed by atoms with Crippen LogP contribution < -0.4 is 5.32 Å². The Hall–Kier alpha value is -1.60. The lowest BCUT2D eigenvalue weighted by atomic mass is 10.0. The number of hydrogen-bond acceptors (Lipinski definition) is 3. The van der Waals surface area contributed by atoms with Crippen LogP contribution in [-0.4, -0.2) is 55.0 Å². The monoisotopic (exact) mass is 343 g/mol. The first kappa shape index (κ1) is 18.7. The third kappa shape index (κ3) is 4.27. The van der Waals surface area contributed by atoms with Crippen LogP contribution in [0.3, 0.4) is 0 Å². The van der Waals surface area contributed by atoms with Crippen molar-refractivity contribution >= 4 is 5.91 Å². The van der Waals surface area contributed by atoms with Crippen molar-refractivity contribution in [3.8, 4) is 0 Å². The van der Waals surface area contributed by atoms with Crippen molar-refractivity contribution in [3.05, 3.63) is 35.4 Å². The van der Waals surface area contributed by atoms with Crippen LogP contribution in [0, 0.1) is 0 Å². The van der Waals surface area contributed by atoms with Crippen LogP contribution in [0.25, 0.3) is 0 Å². The van der Waals surface area contributed by atoms with Gasteiger partial charge in [-0.15, -0.1) is 0 Å². The molecular weight excluding hydrogens is 319 g/mol. The molecule has 0 spiro atoms. The molecule has 0 bridgehead atoms. The Balaban J connectivity index is 2.32. The van der Waals surface area contributed by atoms with Crippen LogP contribution in [0.1, 0.15) is 31.0 Å². The van der Waals surface area contributed by atoms with Crippen LogP contribution in [0.5, 0.6) is 0 Å². The molecule has 24 heavy (non-hydrogen) atoms. The summed E-state index contributed by atoms with van der Waals surface area (Å²) in [4.78, 5) is 16.7. The van der Waals surface area contributed by atoms with Gasteiger partial charge in [0, 0.05) is 39.3 Å². The number of rotatable bonds is 5. The zero-order valence-electron chi connectivity index (χ0n) is 14.1. The number of hydrogen-bond donors (Lipinski definition) is 1. The second kappa shape index (κ2) is 7.98. The summed E-state index contributed by atoms with van der Waals surface area (Å²) in [5, 5.41) is 3.23. The lowest BCUT2D eigenvalue weighted by molar-refractivity contribution is -0.137. The smallest absolute Gasteiger partial charge is 0.342 e. The molecule has 1 fully saturated rings. The number of alkyl halides is 3. The summed E-state index contributed by atoms with van der Waals surface area (Å²) in [6.07, 6.45) is -4.37. The number of halogens is 3. The Morgan fingerprint density at radius 2 is 1.71 bits per heavy atom. The van der Waals surface area contributed by atoms with Crippen LogP contribution in [-0.2, 0) is 11.0 Å². The molecule has 0 aromatic heterocycles. The maximum atomic E-state index is 12.9. The lowest BCUT2D eigenvalue weighted by Crippen LogP contribution is -2.50. The number of amides is 1. The molecule has 1 aromatic carbocycles. The molecule has 1 aromatic rings. The second-order valence-electron chi connectivity index (χ2n) is 5.82. The number of nitrogens with zero attached hydrogens (tertiary/aromatic N) is 2. The molecule has 7 heteroatoms. The van der Waals surface area contributed by atoms with E-state index in [1.807, 2.05) is 18.7 Å². The summed E-state index contributed by atoms with van der Waals surface area (Å²) in [7, 11) is 0. The average Bonchev–Trinajstić information content (AvgIpc) is 2.57. The fraction of sp³-hybridized carbons (Fsp3) is 0.588. The summed E-state index contributed by atoms with van der Waals surface area (Å²) in [6, 6.07) is 4.43. The molecule has 1 saturated heterocycles. The topological polar surface area (TPSA) is 35.6 Å². The van der Waals surface area contributed by atoms with Crippen LogP contribution in [0.2, 0.25) is 0 Å². The molecule has 2 rings (SSSR count). The van der Waals surface area contributed by atoms with Gasteiger partial charge in [-0.3, -0.25) is 9.69 Å². The minimum Gasteiger partial charge on any atom is -0.342 e. The standard InChI is InChI=1S/C17H24F3N3O/c1-3-22(4-2)16(24)15(23-11-9-21-10-12-23)13-5-7-14(8-6-13)17(18,19)20/h5-8,15,21H,3-4,9-12H2,1-2H3. The maximum absolute atomic E-state index is 12.9. The normalized spacial score (nSPS) is 17.5. The lowest BCUT2D eigenvalue weighted by Gasteiger charge is -2.36. The van der Waals surface area contributed by atoms with E-state index in [1.165, 1.54) is 12.1 Å². The number of benzene rings is 1. The highest BCUT2D eigenvalue weighted by Gasteiger charge is 2.33. The minimum absolute atomic E-state index is 0.0540. The fourth-order valence-electron chi connectivity index (χ4n) is 3.01. The van der Waals surface area contributed by atoms with E-state index >= 15 is 0 Å². The van der Waals surface area contributed by atoms with Gasteiger partial charge in [0.25, 0.3) is 0 Å². The molecular formula is C17H24F3N3O. The van der Waals surface area contributed by atoms with E-state index in [2.05, 4.69) is 5.32 Å². The summed E-state index contributed by atoms with van der Waals surface area (Å²) >= 11 is 0. The van der Waals surface area contributed by atoms with Gasteiger partial charge in [0.15, 0.2) is 0 Å². The number of nitrogens with one attached hydrogen (secondary N) is 1. The van der Waals surface area contributed by atoms with Gasteiger partial charge in [0.05, 0.1) is 5.56 Å². The molecule has 0 saturated carbocycles. The predicted molar refractivity (Wildman–Crippen MR) is 86.6 cm³/mol. The average molecular weight is 343 g/mol. The summed E-state index contributed by atoms with van der Waals surface area (Å²) < 4.78 is 38.3. The summed E-state index contributed by atoms with van der Waals surface area (Å²) in [5.41, 5.74) is -0.0811. The van der Waals surface area contributed by atoms with E-state index < -0.39 is 17.8 Å². The molecule has 0 radical (unpaired) electrons. The van der Waals surface area contributed by atoms with Crippen molar-refractivity contribution in [1.82, 2.24) is 15.1 Å². The Kier molecular flexibility index (Phi) is 6.23. The Bertz CT molecular complexity index is 535. The first-order valence-electron chi connectivity index (χ1n) is 8.29. The van der Waals surface area contributed by atoms with Gasteiger partial charge in [0.1, 0.15) is 6.04 Å². The van der Waals surface area contributed by atoms with Crippen molar-refractivity contribution in [3.63, 3.8) is 0 Å². The van der Waals surface area contributed by atoms with Gasteiger partial charge in [-0.25, -0.2) is 0 Å². The second-order valence-corrected chi connectivity index (χ2v) is 5.82. The molecule has 1 unspecified atom stereocenters. The largest absolute Gasteiger partial charge is 0.416 e. The third-order valence-electron chi connectivity index (χ3n) is 4.38. The highest BCUT2D eigenvalue weighted by atomic mass is 19.4. The number of carbonyl (C=O) groups excluding carboxylic acids is 1. The number of carbonyl (C=O) groups is 1. The molecule has 134 valence electrons. The SMILES string of the molecule is CCN(CC)C(=O)C(c1ccc(C(F)(F)F)cc1)N1CCNCC1. The van der Waals surface area contributed by atoms with Crippen molar-refractivity contribution in [1.29, 1.82) is 0 Å². The zero-order chi connectivity index (χ0) is 17.7. The first-order chi connectivity index (χ1) is 11.4. The van der Waals surface area contributed by atoms with E-state index in [4.69, 9.17) is 0 Å². The van der Waals surface area contributed by atoms with Crippen LogP contribution in [0.15, 0.2) is 24.3 Å². The third-order valence-corrected chi connectivity index (χ3v) is 4.38. The molecule has 4 nitrogen and oxygen atoms in total. The molecule has 1 aliphatic rings. The van der Waals surface area contributed by atoms with E-state index in [0.717, 1.165) is 25.2 Å². The van der Waals surface area contributed by atoms with Crippen molar-refractivity contribution in [2.75, 3.05) is 39.3 Å². The zero-order valence-corrected chi connectivity index (χ0v) is 14.1. The van der Waals surface area contributed by atoms with Crippen molar-refractivity contribution in [2.24, 2.45) is 0 Å².